The molecule has 0 saturated carbocycles. The molecular formula is C18H30N6O6S. The first-order valence-corrected chi connectivity index (χ1v) is 10.3. The van der Waals surface area contributed by atoms with Gasteiger partial charge in [0, 0.05) is 24.1 Å². The van der Waals surface area contributed by atoms with Crippen molar-refractivity contribution < 1.29 is 29.4 Å². The standard InChI is InChI=1S/C18H30N6O6S/c1-8(2)14(18(29)30)24-16(27)12(6-31)23-15(26)11(4-10-5-20-7-21-10)22-17(28)13(19)9(3)25/h5,7-9,11-14,25,31H,4,6,19H2,1-3H3,(H,20,21)(H,22,28)(H,23,26)(H,24,27)(H,29,30). The minimum atomic E-state index is -1.26. The summed E-state index contributed by atoms with van der Waals surface area (Å²) in [5.41, 5.74) is 6.15. The lowest BCUT2D eigenvalue weighted by Gasteiger charge is -2.25. The number of nitrogens with one attached hydrogen (secondary N) is 4. The van der Waals surface area contributed by atoms with Gasteiger partial charge in [-0.25, -0.2) is 9.78 Å². The Kier molecular flexibility index (Phi) is 10.4. The van der Waals surface area contributed by atoms with Crippen LogP contribution in [-0.2, 0) is 25.6 Å². The van der Waals surface area contributed by atoms with E-state index in [0.29, 0.717) is 5.69 Å². The fourth-order valence-corrected chi connectivity index (χ4v) is 2.80. The molecule has 0 saturated heterocycles. The van der Waals surface area contributed by atoms with Crippen LogP contribution in [0.2, 0.25) is 0 Å². The van der Waals surface area contributed by atoms with Gasteiger partial charge >= 0.3 is 5.97 Å². The van der Waals surface area contributed by atoms with Gasteiger partial charge in [-0.2, -0.15) is 12.6 Å². The van der Waals surface area contributed by atoms with E-state index in [9.17, 15) is 29.4 Å². The average Bonchev–Trinajstić information content (AvgIpc) is 3.20. The number of amides is 3. The zero-order valence-corrected chi connectivity index (χ0v) is 18.4. The molecule has 1 aromatic heterocycles. The smallest absolute Gasteiger partial charge is 0.326 e. The molecule has 1 heterocycles. The molecule has 0 radical (unpaired) electrons. The summed E-state index contributed by atoms with van der Waals surface area (Å²) in [5.74, 6) is -3.90. The average molecular weight is 459 g/mol. The topological polar surface area (TPSA) is 200 Å². The predicted octanol–water partition coefficient (Wildman–Crippen LogP) is -2.21. The number of carboxylic acid groups (broad SMARTS) is 1. The van der Waals surface area contributed by atoms with Gasteiger partial charge in [0.05, 0.1) is 12.4 Å². The predicted molar refractivity (Wildman–Crippen MR) is 114 cm³/mol. The van der Waals surface area contributed by atoms with Gasteiger partial charge in [-0.1, -0.05) is 13.8 Å². The number of carboxylic acids is 1. The molecule has 8 N–H and O–H groups in total. The molecule has 12 nitrogen and oxygen atoms in total. The molecule has 0 bridgehead atoms. The van der Waals surface area contributed by atoms with Crippen molar-refractivity contribution in [3.63, 3.8) is 0 Å². The van der Waals surface area contributed by atoms with E-state index in [1.54, 1.807) is 13.8 Å². The van der Waals surface area contributed by atoms with Gasteiger partial charge in [0.2, 0.25) is 17.7 Å². The van der Waals surface area contributed by atoms with E-state index in [1.807, 2.05) is 0 Å². The molecule has 0 aromatic carbocycles. The second-order valence-electron chi connectivity index (χ2n) is 7.42. The first-order valence-electron chi connectivity index (χ1n) is 9.63. The van der Waals surface area contributed by atoms with Crippen molar-refractivity contribution in [1.82, 2.24) is 25.9 Å². The maximum Gasteiger partial charge on any atom is 0.326 e. The molecule has 0 aliphatic heterocycles. The highest BCUT2D eigenvalue weighted by atomic mass is 32.1. The van der Waals surface area contributed by atoms with Gasteiger partial charge in [0.15, 0.2) is 0 Å². The van der Waals surface area contributed by atoms with Gasteiger partial charge < -0.3 is 36.9 Å². The number of H-pyrrole nitrogens is 1. The number of thiol groups is 1. The van der Waals surface area contributed by atoms with Crippen LogP contribution in [0.25, 0.3) is 0 Å². The zero-order chi connectivity index (χ0) is 23.7. The van der Waals surface area contributed by atoms with Crippen LogP contribution >= 0.6 is 12.6 Å². The Balaban J connectivity index is 2.94. The minimum Gasteiger partial charge on any atom is -0.480 e. The summed E-state index contributed by atoms with van der Waals surface area (Å²) in [7, 11) is 0. The number of imidazole rings is 1. The lowest BCUT2D eigenvalue weighted by molar-refractivity contribution is -0.143. The molecule has 1 aromatic rings. The number of aliphatic carboxylic acids is 1. The molecule has 5 unspecified atom stereocenters. The lowest BCUT2D eigenvalue weighted by atomic mass is 10.0. The number of aromatic nitrogens is 2. The Morgan fingerprint density at radius 1 is 1.10 bits per heavy atom. The van der Waals surface area contributed by atoms with Crippen molar-refractivity contribution in [2.24, 2.45) is 11.7 Å². The van der Waals surface area contributed by atoms with Crippen LogP contribution in [0.5, 0.6) is 0 Å². The van der Waals surface area contributed by atoms with E-state index >= 15 is 0 Å². The monoisotopic (exact) mass is 458 g/mol. The SMILES string of the molecule is CC(C)C(NC(=O)C(CS)NC(=O)C(Cc1cnc[nH]1)NC(=O)C(N)C(C)O)C(=O)O. The van der Waals surface area contributed by atoms with Gasteiger partial charge in [-0.05, 0) is 12.8 Å². The van der Waals surface area contributed by atoms with Crippen LogP contribution in [0, 0.1) is 5.92 Å². The van der Waals surface area contributed by atoms with Crippen molar-refractivity contribution in [2.75, 3.05) is 5.75 Å². The summed E-state index contributed by atoms with van der Waals surface area (Å²) < 4.78 is 0. The number of nitrogens with two attached hydrogens (primary N) is 1. The number of aromatic amines is 1. The summed E-state index contributed by atoms with van der Waals surface area (Å²) in [4.78, 5) is 55.6. The number of hydrogen-bond donors (Lipinski definition) is 8. The third-order valence-electron chi connectivity index (χ3n) is 4.48. The number of hydrogen-bond acceptors (Lipinski definition) is 8. The molecule has 1 rings (SSSR count). The number of carbonyl (C=O) groups excluding carboxylic acids is 3. The fourth-order valence-electron chi connectivity index (χ4n) is 2.55. The van der Waals surface area contributed by atoms with E-state index < -0.39 is 54.0 Å². The van der Waals surface area contributed by atoms with Crippen LogP contribution in [0.15, 0.2) is 12.5 Å². The highest BCUT2D eigenvalue weighted by Crippen LogP contribution is 2.05. The van der Waals surface area contributed by atoms with Crippen molar-refractivity contribution in [3.05, 3.63) is 18.2 Å². The molecule has 31 heavy (non-hydrogen) atoms. The first kappa shape index (κ1) is 26.4. The lowest BCUT2D eigenvalue weighted by Crippen LogP contribution is -2.59. The largest absolute Gasteiger partial charge is 0.480 e. The van der Waals surface area contributed by atoms with E-state index in [-0.39, 0.29) is 18.1 Å². The molecule has 0 fully saturated rings. The van der Waals surface area contributed by atoms with Crippen LogP contribution in [0.3, 0.4) is 0 Å². The van der Waals surface area contributed by atoms with Gasteiger partial charge in [-0.3, -0.25) is 14.4 Å². The molecule has 13 heteroatoms. The molecule has 0 spiro atoms. The van der Waals surface area contributed by atoms with E-state index in [2.05, 4.69) is 38.5 Å². The summed E-state index contributed by atoms with van der Waals surface area (Å²) in [6.07, 6.45) is 1.73. The number of aliphatic hydroxyl groups is 1. The van der Waals surface area contributed by atoms with Crippen molar-refractivity contribution in [2.45, 2.75) is 57.5 Å². The normalized spacial score (nSPS) is 16.0. The van der Waals surface area contributed by atoms with Crippen LogP contribution in [-0.4, -0.2) is 79.9 Å². The summed E-state index contributed by atoms with van der Waals surface area (Å²) in [6, 6.07) is -4.70. The Morgan fingerprint density at radius 3 is 2.13 bits per heavy atom. The van der Waals surface area contributed by atoms with Crippen LogP contribution in [0.1, 0.15) is 26.5 Å². The Bertz CT molecular complexity index is 757. The minimum absolute atomic E-state index is 0.00869. The Hall–Kier alpha value is -2.64. The fraction of sp³-hybridized carbons (Fsp3) is 0.611. The number of carbonyl (C=O) groups is 4. The summed E-state index contributed by atoms with van der Waals surface area (Å²) >= 11 is 4.06. The molecule has 0 aliphatic rings. The second-order valence-corrected chi connectivity index (χ2v) is 7.79. The van der Waals surface area contributed by atoms with Crippen LogP contribution in [0.4, 0.5) is 0 Å². The van der Waals surface area contributed by atoms with Crippen molar-refractivity contribution in [3.8, 4) is 0 Å². The molecule has 3 amide bonds. The van der Waals surface area contributed by atoms with Crippen molar-refractivity contribution >= 4 is 36.3 Å². The number of nitrogens with zero attached hydrogens (tertiary/aromatic N) is 1. The third kappa shape index (κ3) is 8.19. The summed E-state index contributed by atoms with van der Waals surface area (Å²) in [5, 5.41) is 26.0. The van der Waals surface area contributed by atoms with E-state index in [4.69, 9.17) is 5.73 Å². The molecular weight excluding hydrogens is 428 g/mol. The molecule has 0 aliphatic carbocycles. The second kappa shape index (κ2) is 12.3. The Morgan fingerprint density at radius 2 is 1.68 bits per heavy atom. The van der Waals surface area contributed by atoms with Crippen molar-refractivity contribution in [1.29, 1.82) is 0 Å². The quantitative estimate of drug-likeness (QED) is 0.161. The van der Waals surface area contributed by atoms with Crippen LogP contribution < -0.4 is 21.7 Å². The first-order chi connectivity index (χ1) is 14.5. The zero-order valence-electron chi connectivity index (χ0n) is 17.5. The van der Waals surface area contributed by atoms with Gasteiger partial charge in [0.25, 0.3) is 0 Å². The maximum atomic E-state index is 12.8. The highest BCUT2D eigenvalue weighted by Gasteiger charge is 2.31. The molecule has 174 valence electrons. The van der Waals surface area contributed by atoms with E-state index in [1.165, 1.54) is 19.4 Å². The number of rotatable bonds is 12. The maximum absolute atomic E-state index is 12.8. The summed E-state index contributed by atoms with van der Waals surface area (Å²) in [6.45, 7) is 4.60. The van der Waals surface area contributed by atoms with Gasteiger partial charge in [-0.15, -0.1) is 0 Å². The molecule has 5 atom stereocenters. The highest BCUT2D eigenvalue weighted by molar-refractivity contribution is 7.80. The third-order valence-corrected chi connectivity index (χ3v) is 4.85. The van der Waals surface area contributed by atoms with Gasteiger partial charge in [0.1, 0.15) is 24.2 Å². The Labute approximate surface area is 185 Å². The number of aliphatic hydroxyl groups excluding tert-OH is 1. The van der Waals surface area contributed by atoms with E-state index in [0.717, 1.165) is 0 Å².